The maximum Gasteiger partial charge on any atom is 0.337 e. The molecule has 6 nitrogen and oxygen atoms in total. The summed E-state index contributed by atoms with van der Waals surface area (Å²) in [5, 5.41) is 13.6. The number of amides is 1. The van der Waals surface area contributed by atoms with E-state index in [4.69, 9.17) is 5.11 Å². The third-order valence-corrected chi connectivity index (χ3v) is 3.84. The maximum absolute atomic E-state index is 11.8. The van der Waals surface area contributed by atoms with E-state index in [1.165, 1.54) is 11.5 Å². The van der Waals surface area contributed by atoms with E-state index >= 15 is 0 Å². The quantitative estimate of drug-likeness (QED) is 0.882. The summed E-state index contributed by atoms with van der Waals surface area (Å²) in [6.07, 6.45) is 1.95. The lowest BCUT2D eigenvalue weighted by molar-refractivity contribution is 0.0694. The number of hydrogen-bond acceptors (Lipinski definition) is 5. The van der Waals surface area contributed by atoms with E-state index in [-0.39, 0.29) is 23.9 Å². The second kappa shape index (κ2) is 5.61. The summed E-state index contributed by atoms with van der Waals surface area (Å²) in [7, 11) is 0. The fourth-order valence-corrected chi connectivity index (χ4v) is 2.56. The molecule has 0 spiro atoms. The predicted octanol–water partition coefficient (Wildman–Crippen LogP) is 2.04. The van der Waals surface area contributed by atoms with Crippen molar-refractivity contribution in [2.45, 2.75) is 25.3 Å². The van der Waals surface area contributed by atoms with E-state index in [0.717, 1.165) is 12.8 Å². The number of aromatic nitrogens is 2. The van der Waals surface area contributed by atoms with E-state index in [0.29, 0.717) is 17.1 Å². The minimum atomic E-state index is -0.956. The van der Waals surface area contributed by atoms with Gasteiger partial charge < -0.3 is 10.4 Å². The number of nitrogens with one attached hydrogen (secondary N) is 1. The summed E-state index contributed by atoms with van der Waals surface area (Å²) in [6, 6.07) is 4.85. The number of carbonyl (C=O) groups excluding carboxylic acids is 1. The highest BCUT2D eigenvalue weighted by Gasteiger charge is 2.29. The fourth-order valence-electron chi connectivity index (χ4n) is 2.06. The van der Waals surface area contributed by atoms with Crippen LogP contribution >= 0.6 is 11.5 Å². The molecule has 1 saturated carbocycles. The van der Waals surface area contributed by atoms with Gasteiger partial charge >= 0.3 is 5.97 Å². The Labute approximate surface area is 125 Å². The molecule has 0 radical (unpaired) electrons. The average molecular weight is 303 g/mol. The van der Waals surface area contributed by atoms with Crippen molar-refractivity contribution in [3.63, 3.8) is 0 Å². The van der Waals surface area contributed by atoms with Crippen molar-refractivity contribution in [3.8, 4) is 0 Å². The van der Waals surface area contributed by atoms with Gasteiger partial charge in [0.25, 0.3) is 5.91 Å². The number of hydrogen-bond donors (Lipinski definition) is 2. The van der Waals surface area contributed by atoms with Crippen LogP contribution < -0.4 is 5.32 Å². The first kappa shape index (κ1) is 13.7. The van der Waals surface area contributed by atoms with Gasteiger partial charge in [-0.05, 0) is 42.6 Å². The van der Waals surface area contributed by atoms with Gasteiger partial charge in [-0.15, -0.1) is 0 Å². The first-order chi connectivity index (χ1) is 10.1. The summed E-state index contributed by atoms with van der Waals surface area (Å²) in [6.45, 7) is 0.260. The third kappa shape index (κ3) is 3.08. The van der Waals surface area contributed by atoms with Gasteiger partial charge in [0.15, 0.2) is 0 Å². The summed E-state index contributed by atoms with van der Waals surface area (Å²) >= 11 is 1.22. The van der Waals surface area contributed by atoms with Gasteiger partial charge in [0, 0.05) is 11.3 Å². The van der Waals surface area contributed by atoms with Crippen LogP contribution in [0.1, 0.15) is 51.0 Å². The Morgan fingerprint density at radius 2 is 2.14 bits per heavy atom. The lowest BCUT2D eigenvalue weighted by Gasteiger charge is -2.08. The first-order valence-electron chi connectivity index (χ1n) is 6.57. The van der Waals surface area contributed by atoms with E-state index in [2.05, 4.69) is 14.7 Å². The predicted molar refractivity (Wildman–Crippen MR) is 76.5 cm³/mol. The van der Waals surface area contributed by atoms with Crippen LogP contribution in [0.3, 0.4) is 0 Å². The van der Waals surface area contributed by atoms with Gasteiger partial charge in [0.2, 0.25) is 0 Å². The van der Waals surface area contributed by atoms with Crippen LogP contribution in [0.25, 0.3) is 0 Å². The molecule has 2 heterocycles. The highest BCUT2D eigenvalue weighted by molar-refractivity contribution is 7.03. The summed E-state index contributed by atoms with van der Waals surface area (Å²) < 4.78 is 3.95. The number of aromatic carboxylic acids is 1. The molecule has 3 rings (SSSR count). The van der Waals surface area contributed by atoms with Crippen LogP contribution in [-0.4, -0.2) is 26.3 Å². The summed E-state index contributed by atoms with van der Waals surface area (Å²) in [5.41, 5.74) is 1.92. The second-order valence-electron chi connectivity index (χ2n) is 4.88. The molecule has 7 heteroatoms. The molecule has 2 N–H and O–H groups in total. The van der Waals surface area contributed by atoms with Crippen molar-refractivity contribution in [2.75, 3.05) is 0 Å². The maximum atomic E-state index is 11.8. The molecule has 1 aliphatic rings. The Morgan fingerprint density at radius 3 is 2.76 bits per heavy atom. The lowest BCUT2D eigenvalue weighted by atomic mass is 10.1. The first-order valence-corrected chi connectivity index (χ1v) is 7.40. The number of pyridine rings is 1. The van der Waals surface area contributed by atoms with Crippen LogP contribution in [0.2, 0.25) is 0 Å². The van der Waals surface area contributed by atoms with Gasteiger partial charge in [0.1, 0.15) is 5.69 Å². The minimum Gasteiger partial charge on any atom is -0.478 e. The number of rotatable bonds is 5. The van der Waals surface area contributed by atoms with Gasteiger partial charge in [-0.25, -0.2) is 4.79 Å². The van der Waals surface area contributed by atoms with Gasteiger partial charge in [-0.1, -0.05) is 0 Å². The molecular formula is C14H13N3O3S. The molecule has 0 saturated heterocycles. The number of carboxylic acid groups (broad SMARTS) is 1. The minimum absolute atomic E-state index is 0.241. The fraction of sp³-hybridized carbons (Fsp3) is 0.286. The van der Waals surface area contributed by atoms with Crippen LogP contribution in [0.4, 0.5) is 0 Å². The average Bonchev–Trinajstić information content (AvgIpc) is 3.18. The molecule has 0 aliphatic heterocycles. The van der Waals surface area contributed by atoms with Crippen molar-refractivity contribution >= 4 is 23.4 Å². The number of nitrogens with zero attached hydrogens (tertiary/aromatic N) is 2. The summed E-state index contributed by atoms with van der Waals surface area (Å²) in [5.74, 6) is -0.971. The van der Waals surface area contributed by atoms with Crippen LogP contribution in [0.5, 0.6) is 0 Å². The number of carbonyl (C=O) groups is 2. The van der Waals surface area contributed by atoms with Gasteiger partial charge in [-0.2, -0.15) is 4.37 Å². The van der Waals surface area contributed by atoms with Crippen molar-refractivity contribution in [3.05, 3.63) is 46.2 Å². The summed E-state index contributed by atoms with van der Waals surface area (Å²) in [4.78, 5) is 27.4. The molecule has 21 heavy (non-hydrogen) atoms. The molecule has 1 amide bonds. The van der Waals surface area contributed by atoms with Crippen molar-refractivity contribution in [1.82, 2.24) is 14.7 Å². The highest BCUT2D eigenvalue weighted by Crippen LogP contribution is 2.40. The van der Waals surface area contributed by atoms with E-state index in [1.807, 2.05) is 0 Å². The second-order valence-corrected chi connectivity index (χ2v) is 5.55. The molecule has 1 fully saturated rings. The third-order valence-electron chi connectivity index (χ3n) is 3.28. The Bertz CT molecular complexity index is 681. The SMILES string of the molecule is O=C(NCc1ccc(C(=O)O)c(C2CC2)n1)c1ccsn1. The molecule has 0 unspecified atom stereocenters. The van der Waals surface area contributed by atoms with E-state index in [9.17, 15) is 9.59 Å². The monoisotopic (exact) mass is 303 g/mol. The zero-order valence-corrected chi connectivity index (χ0v) is 11.9. The largest absolute Gasteiger partial charge is 0.478 e. The zero-order chi connectivity index (χ0) is 14.8. The molecule has 2 aromatic heterocycles. The van der Waals surface area contributed by atoms with Crippen molar-refractivity contribution < 1.29 is 14.7 Å². The Kier molecular flexibility index (Phi) is 3.66. The van der Waals surface area contributed by atoms with Crippen LogP contribution in [0.15, 0.2) is 23.6 Å². The molecule has 1 aliphatic carbocycles. The van der Waals surface area contributed by atoms with Gasteiger partial charge in [0.05, 0.1) is 23.5 Å². The number of carboxylic acids is 1. The highest BCUT2D eigenvalue weighted by atomic mass is 32.1. The normalized spacial score (nSPS) is 13.9. The zero-order valence-electron chi connectivity index (χ0n) is 11.1. The smallest absolute Gasteiger partial charge is 0.337 e. The lowest BCUT2D eigenvalue weighted by Crippen LogP contribution is -2.24. The molecule has 0 bridgehead atoms. The van der Waals surface area contributed by atoms with Crippen molar-refractivity contribution in [2.24, 2.45) is 0 Å². The van der Waals surface area contributed by atoms with Crippen LogP contribution in [0, 0.1) is 0 Å². The molecule has 0 aromatic carbocycles. The Hall–Kier alpha value is -2.28. The van der Waals surface area contributed by atoms with E-state index in [1.54, 1.807) is 23.6 Å². The van der Waals surface area contributed by atoms with Crippen LogP contribution in [-0.2, 0) is 6.54 Å². The molecule has 0 atom stereocenters. The topological polar surface area (TPSA) is 92.2 Å². The molecule has 108 valence electrons. The van der Waals surface area contributed by atoms with Gasteiger partial charge in [-0.3, -0.25) is 9.78 Å². The molecule has 2 aromatic rings. The standard InChI is InChI=1S/C14H13N3O3S/c18-13(11-5-6-21-17-11)15-7-9-3-4-10(14(19)20)12(16-9)8-1-2-8/h3-6,8H,1-2,7H2,(H,15,18)(H,19,20). The van der Waals surface area contributed by atoms with Crippen molar-refractivity contribution in [1.29, 1.82) is 0 Å². The Balaban J connectivity index is 1.72. The molecular weight excluding hydrogens is 290 g/mol. The Morgan fingerprint density at radius 1 is 1.33 bits per heavy atom. The van der Waals surface area contributed by atoms with E-state index < -0.39 is 5.97 Å².